The Balaban J connectivity index is 1.99. The number of rotatable bonds is 7. The fraction of sp³-hybridized carbons (Fsp3) is 0.286. The fourth-order valence-corrected chi connectivity index (χ4v) is 1.86. The lowest BCUT2D eigenvalue weighted by molar-refractivity contribution is 0.210. The number of nitrogen functional groups attached to an aromatic ring is 1. The molecule has 0 amide bonds. The predicted molar refractivity (Wildman–Crippen MR) is 85.6 cm³/mol. The smallest absolute Gasteiger partial charge is 0.155 e. The largest absolute Gasteiger partial charge is 0.393 e. The van der Waals surface area contributed by atoms with E-state index >= 15 is 0 Å². The van der Waals surface area contributed by atoms with Gasteiger partial charge in [0, 0.05) is 25.2 Å². The minimum absolute atomic E-state index is 0.488. The van der Waals surface area contributed by atoms with Gasteiger partial charge in [0.15, 0.2) is 11.6 Å². The maximum Gasteiger partial charge on any atom is 0.155 e. The second-order valence-electron chi connectivity index (χ2n) is 4.38. The highest BCUT2D eigenvalue weighted by Crippen LogP contribution is 2.22. The molecule has 0 aliphatic rings. The number of nitrogens with two attached hydrogens (primary N) is 1. The number of anilines is 3. The third-order valence-electron chi connectivity index (χ3n) is 2.86. The number of halogens is 1. The summed E-state index contributed by atoms with van der Waals surface area (Å²) in [6.45, 7) is 1.82. The average Bonchev–Trinajstić information content (AvgIpc) is 2.49. The first kappa shape index (κ1) is 15.3. The molecule has 112 valence electrons. The molecule has 0 spiro atoms. The second kappa shape index (κ2) is 7.66. The Morgan fingerprint density at radius 2 is 1.81 bits per heavy atom. The predicted octanol–water partition coefficient (Wildman–Crippen LogP) is 2.38. The Labute approximate surface area is 128 Å². The third-order valence-corrected chi connectivity index (χ3v) is 3.11. The zero-order valence-corrected chi connectivity index (χ0v) is 12.5. The van der Waals surface area contributed by atoms with E-state index in [1.54, 1.807) is 7.11 Å². The molecule has 4 N–H and O–H groups in total. The Bertz CT molecular complexity index is 576. The molecule has 0 aliphatic heterocycles. The van der Waals surface area contributed by atoms with Crippen molar-refractivity contribution in [3.63, 3.8) is 0 Å². The van der Waals surface area contributed by atoms with Gasteiger partial charge in [0.1, 0.15) is 12.0 Å². The van der Waals surface area contributed by atoms with Gasteiger partial charge in [-0.2, -0.15) is 0 Å². The number of methoxy groups -OCH3 is 1. The van der Waals surface area contributed by atoms with E-state index in [-0.39, 0.29) is 0 Å². The second-order valence-corrected chi connectivity index (χ2v) is 4.82. The van der Waals surface area contributed by atoms with Gasteiger partial charge < -0.3 is 21.1 Å². The van der Waals surface area contributed by atoms with Gasteiger partial charge in [-0.05, 0) is 17.7 Å². The van der Waals surface area contributed by atoms with E-state index < -0.39 is 0 Å². The molecule has 0 atom stereocenters. The molecule has 0 unspecified atom stereocenters. The highest BCUT2D eigenvalue weighted by atomic mass is 35.5. The lowest BCUT2D eigenvalue weighted by Gasteiger charge is -2.12. The summed E-state index contributed by atoms with van der Waals surface area (Å²) >= 11 is 5.86. The van der Waals surface area contributed by atoms with Gasteiger partial charge in [0.05, 0.1) is 6.61 Å². The van der Waals surface area contributed by atoms with E-state index in [9.17, 15) is 0 Å². The normalized spacial score (nSPS) is 10.4. The Hall–Kier alpha value is -2.05. The minimum atomic E-state index is 0.488. The van der Waals surface area contributed by atoms with Gasteiger partial charge in [-0.1, -0.05) is 23.7 Å². The van der Waals surface area contributed by atoms with Crippen LogP contribution in [0.15, 0.2) is 30.6 Å². The monoisotopic (exact) mass is 307 g/mol. The molecule has 21 heavy (non-hydrogen) atoms. The number of nitrogens with zero attached hydrogens (tertiary/aromatic N) is 2. The summed E-state index contributed by atoms with van der Waals surface area (Å²) in [4.78, 5) is 8.27. The number of aromatic nitrogens is 2. The van der Waals surface area contributed by atoms with Crippen molar-refractivity contribution in [1.29, 1.82) is 0 Å². The van der Waals surface area contributed by atoms with Crippen LogP contribution in [0, 0.1) is 0 Å². The van der Waals surface area contributed by atoms with Crippen molar-refractivity contribution in [2.24, 2.45) is 0 Å². The molecule has 0 saturated heterocycles. The summed E-state index contributed by atoms with van der Waals surface area (Å²) in [6, 6.07) is 7.59. The number of nitrogens with one attached hydrogen (secondary N) is 2. The van der Waals surface area contributed by atoms with Crippen LogP contribution in [0.25, 0.3) is 0 Å². The summed E-state index contributed by atoms with van der Waals surface area (Å²) in [5, 5.41) is 7.00. The number of hydrogen-bond acceptors (Lipinski definition) is 6. The van der Waals surface area contributed by atoms with Gasteiger partial charge in [0.2, 0.25) is 0 Å². The van der Waals surface area contributed by atoms with Crippen LogP contribution in [-0.4, -0.2) is 30.2 Å². The van der Waals surface area contributed by atoms with E-state index in [4.69, 9.17) is 22.1 Å². The van der Waals surface area contributed by atoms with Gasteiger partial charge in [-0.25, -0.2) is 9.97 Å². The highest BCUT2D eigenvalue weighted by Gasteiger charge is 2.07. The lowest BCUT2D eigenvalue weighted by Crippen LogP contribution is -2.13. The quantitative estimate of drug-likeness (QED) is 0.681. The minimum Gasteiger partial charge on any atom is -0.393 e. The summed E-state index contributed by atoms with van der Waals surface area (Å²) < 4.78 is 4.98. The number of hydrogen-bond donors (Lipinski definition) is 3. The standard InChI is InChI=1S/C14H18ClN5O/c1-21-7-6-17-13-12(16)14(20-9-19-13)18-8-10-2-4-11(15)5-3-10/h2-5,9H,6-8,16H2,1H3,(H2,17,18,19,20). The molecule has 1 aromatic heterocycles. The average molecular weight is 308 g/mol. The maximum atomic E-state index is 6.04. The van der Waals surface area contributed by atoms with E-state index in [1.165, 1.54) is 6.33 Å². The Morgan fingerprint density at radius 1 is 1.14 bits per heavy atom. The van der Waals surface area contributed by atoms with Crippen LogP contribution < -0.4 is 16.4 Å². The molecule has 2 aromatic rings. The topological polar surface area (TPSA) is 85.1 Å². The number of benzene rings is 1. The molecule has 0 aliphatic carbocycles. The van der Waals surface area contributed by atoms with Crippen LogP contribution in [0.5, 0.6) is 0 Å². The van der Waals surface area contributed by atoms with E-state index in [0.29, 0.717) is 42.0 Å². The van der Waals surface area contributed by atoms with E-state index in [0.717, 1.165) is 5.56 Å². The van der Waals surface area contributed by atoms with Crippen LogP contribution in [0.4, 0.5) is 17.3 Å². The molecule has 6 nitrogen and oxygen atoms in total. The summed E-state index contributed by atoms with van der Waals surface area (Å²) in [6.07, 6.45) is 1.47. The molecule has 0 radical (unpaired) electrons. The van der Waals surface area contributed by atoms with E-state index in [2.05, 4.69) is 20.6 Å². The summed E-state index contributed by atoms with van der Waals surface area (Å²) in [5.41, 5.74) is 7.62. The first-order valence-corrected chi connectivity index (χ1v) is 6.90. The summed E-state index contributed by atoms with van der Waals surface area (Å²) in [5.74, 6) is 1.19. The zero-order chi connectivity index (χ0) is 15.1. The van der Waals surface area contributed by atoms with Crippen LogP contribution in [0.3, 0.4) is 0 Å². The molecule has 0 fully saturated rings. The van der Waals surface area contributed by atoms with Gasteiger partial charge in [-0.3, -0.25) is 0 Å². The van der Waals surface area contributed by atoms with E-state index in [1.807, 2.05) is 24.3 Å². The molecular formula is C14H18ClN5O. The van der Waals surface area contributed by atoms with Gasteiger partial charge in [-0.15, -0.1) is 0 Å². The van der Waals surface area contributed by atoms with Crippen molar-refractivity contribution in [2.75, 3.05) is 36.6 Å². The first-order valence-electron chi connectivity index (χ1n) is 6.52. The van der Waals surface area contributed by atoms with Crippen LogP contribution in [0.1, 0.15) is 5.56 Å². The van der Waals surface area contributed by atoms with Crippen molar-refractivity contribution < 1.29 is 4.74 Å². The molecule has 0 saturated carbocycles. The molecule has 7 heteroatoms. The fourth-order valence-electron chi connectivity index (χ4n) is 1.74. The maximum absolute atomic E-state index is 6.04. The van der Waals surface area contributed by atoms with Crippen molar-refractivity contribution in [3.8, 4) is 0 Å². The van der Waals surface area contributed by atoms with Crippen molar-refractivity contribution in [2.45, 2.75) is 6.54 Å². The Kier molecular flexibility index (Phi) is 5.59. The van der Waals surface area contributed by atoms with Crippen molar-refractivity contribution in [3.05, 3.63) is 41.2 Å². The third kappa shape index (κ3) is 4.47. The molecular weight excluding hydrogens is 290 g/mol. The molecule has 1 aromatic carbocycles. The van der Waals surface area contributed by atoms with Crippen LogP contribution >= 0.6 is 11.6 Å². The SMILES string of the molecule is COCCNc1ncnc(NCc2ccc(Cl)cc2)c1N. The molecule has 2 rings (SSSR count). The lowest BCUT2D eigenvalue weighted by atomic mass is 10.2. The molecule has 1 heterocycles. The first-order chi connectivity index (χ1) is 10.2. The summed E-state index contributed by atoms with van der Waals surface area (Å²) in [7, 11) is 1.64. The van der Waals surface area contributed by atoms with Gasteiger partial charge in [0.25, 0.3) is 0 Å². The highest BCUT2D eigenvalue weighted by molar-refractivity contribution is 6.30. The number of ether oxygens (including phenoxy) is 1. The zero-order valence-electron chi connectivity index (χ0n) is 11.8. The van der Waals surface area contributed by atoms with Crippen LogP contribution in [0.2, 0.25) is 5.02 Å². The van der Waals surface area contributed by atoms with Crippen molar-refractivity contribution in [1.82, 2.24) is 9.97 Å². The van der Waals surface area contributed by atoms with Crippen molar-refractivity contribution >= 4 is 28.9 Å². The van der Waals surface area contributed by atoms with Crippen LogP contribution in [-0.2, 0) is 11.3 Å². The van der Waals surface area contributed by atoms with Gasteiger partial charge >= 0.3 is 0 Å². The Morgan fingerprint density at radius 3 is 2.48 bits per heavy atom. The molecule has 0 bridgehead atoms.